The summed E-state index contributed by atoms with van der Waals surface area (Å²) in [6.07, 6.45) is 5.15. The molecule has 1 saturated carbocycles. The number of nitrogens with zero attached hydrogens (tertiary/aromatic N) is 1. The first-order valence-corrected chi connectivity index (χ1v) is 7.59. The van der Waals surface area contributed by atoms with Crippen molar-refractivity contribution >= 4 is 23.8 Å². The van der Waals surface area contributed by atoms with Crippen LogP contribution < -0.4 is 5.32 Å². The number of carboxylic acids is 1. The highest BCUT2D eigenvalue weighted by Crippen LogP contribution is 2.29. The molecule has 2 N–H and O–H groups in total. The smallest absolute Gasteiger partial charge is 0.323 e. The van der Waals surface area contributed by atoms with Crippen LogP contribution >= 0.6 is 11.8 Å². The highest BCUT2D eigenvalue weighted by Gasteiger charge is 2.27. The summed E-state index contributed by atoms with van der Waals surface area (Å²) in [5, 5.41) is 12.1. The molecule has 1 aliphatic rings. The maximum Gasteiger partial charge on any atom is 0.323 e. The molecule has 1 rings (SSSR count). The van der Waals surface area contributed by atoms with Crippen LogP contribution in [-0.2, 0) is 4.79 Å². The van der Waals surface area contributed by atoms with Gasteiger partial charge in [0.25, 0.3) is 0 Å². The molecule has 1 atom stereocenters. The quantitative estimate of drug-likeness (QED) is 0.706. The predicted molar refractivity (Wildman–Crippen MR) is 72.9 cm³/mol. The van der Waals surface area contributed by atoms with Crippen molar-refractivity contribution in [1.82, 2.24) is 10.2 Å². The molecule has 2 amide bonds. The topological polar surface area (TPSA) is 69.6 Å². The third-order valence-electron chi connectivity index (χ3n) is 3.02. The van der Waals surface area contributed by atoms with Crippen LogP contribution in [0.3, 0.4) is 0 Å². The normalized spacial score (nSPS) is 16.1. The van der Waals surface area contributed by atoms with Gasteiger partial charge >= 0.3 is 12.0 Å². The Balaban J connectivity index is 2.30. The molecular formula is C12H22N2O3S. The number of aliphatic carboxylic acids is 1. The SMILES string of the molecule is CSC(C)CCNC(=O)N(CC(=O)O)CC1CC1. The Kier molecular flexibility index (Phi) is 6.32. The Bertz CT molecular complexity index is 295. The van der Waals surface area contributed by atoms with Gasteiger partial charge in [0.05, 0.1) is 0 Å². The summed E-state index contributed by atoms with van der Waals surface area (Å²) in [4.78, 5) is 24.0. The fourth-order valence-electron chi connectivity index (χ4n) is 1.61. The number of hydrogen-bond donors (Lipinski definition) is 2. The lowest BCUT2D eigenvalue weighted by Crippen LogP contribution is -2.44. The minimum Gasteiger partial charge on any atom is -0.480 e. The van der Waals surface area contributed by atoms with Crippen molar-refractivity contribution in [1.29, 1.82) is 0 Å². The molecule has 0 aromatic heterocycles. The number of hydrogen-bond acceptors (Lipinski definition) is 3. The van der Waals surface area contributed by atoms with Crippen molar-refractivity contribution in [3.63, 3.8) is 0 Å². The van der Waals surface area contributed by atoms with E-state index in [4.69, 9.17) is 5.11 Å². The third-order valence-corrected chi connectivity index (χ3v) is 4.06. The van der Waals surface area contributed by atoms with Gasteiger partial charge in [-0.1, -0.05) is 6.92 Å². The van der Waals surface area contributed by atoms with Crippen molar-refractivity contribution in [3.8, 4) is 0 Å². The van der Waals surface area contributed by atoms with Crippen molar-refractivity contribution in [2.45, 2.75) is 31.4 Å². The number of carbonyl (C=O) groups excluding carboxylic acids is 1. The lowest BCUT2D eigenvalue weighted by Gasteiger charge is -2.21. The first-order chi connectivity index (χ1) is 8.52. The minimum absolute atomic E-state index is 0.208. The first kappa shape index (κ1) is 15.1. The first-order valence-electron chi connectivity index (χ1n) is 6.30. The molecule has 0 aromatic carbocycles. The van der Waals surface area contributed by atoms with E-state index in [0.29, 0.717) is 24.3 Å². The summed E-state index contributed by atoms with van der Waals surface area (Å²) in [7, 11) is 0. The fourth-order valence-corrected chi connectivity index (χ4v) is 1.96. The zero-order chi connectivity index (χ0) is 13.5. The highest BCUT2D eigenvalue weighted by molar-refractivity contribution is 7.99. The van der Waals surface area contributed by atoms with Crippen LogP contribution in [0.2, 0.25) is 0 Å². The molecule has 1 fully saturated rings. The molecule has 0 saturated heterocycles. The second-order valence-electron chi connectivity index (χ2n) is 4.78. The van der Waals surface area contributed by atoms with Gasteiger partial charge in [-0.2, -0.15) is 11.8 Å². The molecule has 0 aliphatic heterocycles. The van der Waals surface area contributed by atoms with Crippen LogP contribution in [0.4, 0.5) is 4.79 Å². The van der Waals surface area contributed by atoms with E-state index in [2.05, 4.69) is 12.2 Å². The van der Waals surface area contributed by atoms with E-state index in [1.54, 1.807) is 11.8 Å². The zero-order valence-corrected chi connectivity index (χ0v) is 11.8. The van der Waals surface area contributed by atoms with Gasteiger partial charge in [-0.15, -0.1) is 0 Å². The second-order valence-corrected chi connectivity index (χ2v) is 6.06. The van der Waals surface area contributed by atoms with Crippen molar-refractivity contribution in [2.75, 3.05) is 25.9 Å². The number of amides is 2. The molecule has 104 valence electrons. The summed E-state index contributed by atoms with van der Waals surface area (Å²) in [6, 6.07) is -0.252. The Hall–Kier alpha value is -0.910. The molecule has 5 nitrogen and oxygen atoms in total. The van der Waals surface area contributed by atoms with E-state index < -0.39 is 5.97 Å². The van der Waals surface area contributed by atoms with E-state index in [1.807, 2.05) is 6.26 Å². The van der Waals surface area contributed by atoms with Crippen LogP contribution in [0.25, 0.3) is 0 Å². The van der Waals surface area contributed by atoms with Crippen LogP contribution in [0.5, 0.6) is 0 Å². The lowest BCUT2D eigenvalue weighted by molar-refractivity contribution is -0.137. The molecule has 0 spiro atoms. The van der Waals surface area contributed by atoms with Gasteiger partial charge in [-0.25, -0.2) is 4.79 Å². The molecule has 1 aliphatic carbocycles. The van der Waals surface area contributed by atoms with Gasteiger partial charge in [0.1, 0.15) is 6.54 Å². The number of urea groups is 1. The van der Waals surface area contributed by atoms with E-state index in [0.717, 1.165) is 19.3 Å². The monoisotopic (exact) mass is 274 g/mol. The summed E-state index contributed by atoms with van der Waals surface area (Å²) in [5.41, 5.74) is 0. The Morgan fingerprint density at radius 3 is 2.67 bits per heavy atom. The largest absolute Gasteiger partial charge is 0.480 e. The van der Waals surface area contributed by atoms with E-state index >= 15 is 0 Å². The summed E-state index contributed by atoms with van der Waals surface area (Å²) in [5.74, 6) is -0.455. The average Bonchev–Trinajstić information content (AvgIpc) is 3.11. The van der Waals surface area contributed by atoms with Crippen LogP contribution in [0, 0.1) is 5.92 Å². The van der Waals surface area contributed by atoms with Gasteiger partial charge in [0.2, 0.25) is 0 Å². The molecule has 0 radical (unpaired) electrons. The Morgan fingerprint density at radius 1 is 1.50 bits per heavy atom. The standard InChI is InChI=1S/C12H22N2O3S/c1-9(18-2)5-6-13-12(17)14(8-11(15)16)7-10-3-4-10/h9-10H,3-8H2,1-2H3,(H,13,17)(H,15,16). The van der Waals surface area contributed by atoms with E-state index in [1.165, 1.54) is 4.90 Å². The maximum absolute atomic E-state index is 11.9. The van der Waals surface area contributed by atoms with Gasteiger partial charge in [-0.3, -0.25) is 4.79 Å². The Labute approximate surface area is 112 Å². The predicted octanol–water partition coefficient (Wildman–Crippen LogP) is 1.63. The number of carbonyl (C=O) groups is 2. The summed E-state index contributed by atoms with van der Waals surface area (Å²) >= 11 is 1.76. The van der Waals surface area contributed by atoms with Crippen LogP contribution in [0.15, 0.2) is 0 Å². The number of thioether (sulfide) groups is 1. The fraction of sp³-hybridized carbons (Fsp3) is 0.833. The maximum atomic E-state index is 11.9. The van der Waals surface area contributed by atoms with Gasteiger partial charge in [0.15, 0.2) is 0 Å². The van der Waals surface area contributed by atoms with Crippen LogP contribution in [-0.4, -0.2) is 53.1 Å². The molecule has 0 bridgehead atoms. The molecule has 0 aromatic rings. The van der Waals surface area contributed by atoms with Gasteiger partial charge < -0.3 is 15.3 Å². The van der Waals surface area contributed by atoms with E-state index in [9.17, 15) is 9.59 Å². The molecule has 18 heavy (non-hydrogen) atoms. The number of nitrogens with one attached hydrogen (secondary N) is 1. The molecule has 1 unspecified atom stereocenters. The van der Waals surface area contributed by atoms with Gasteiger partial charge in [-0.05, 0) is 31.4 Å². The van der Waals surface area contributed by atoms with Crippen molar-refractivity contribution < 1.29 is 14.7 Å². The zero-order valence-electron chi connectivity index (χ0n) is 11.0. The van der Waals surface area contributed by atoms with Gasteiger partial charge in [0, 0.05) is 18.3 Å². The van der Waals surface area contributed by atoms with Crippen molar-refractivity contribution in [3.05, 3.63) is 0 Å². The molecule has 6 heteroatoms. The highest BCUT2D eigenvalue weighted by atomic mass is 32.2. The number of carboxylic acid groups (broad SMARTS) is 1. The van der Waals surface area contributed by atoms with Crippen LogP contribution in [0.1, 0.15) is 26.2 Å². The third kappa shape index (κ3) is 6.14. The average molecular weight is 274 g/mol. The Morgan fingerprint density at radius 2 is 2.17 bits per heavy atom. The summed E-state index contributed by atoms with van der Waals surface area (Å²) in [6.45, 7) is 3.06. The molecular weight excluding hydrogens is 252 g/mol. The van der Waals surface area contributed by atoms with E-state index in [-0.39, 0.29) is 12.6 Å². The summed E-state index contributed by atoms with van der Waals surface area (Å²) < 4.78 is 0. The minimum atomic E-state index is -0.955. The van der Waals surface area contributed by atoms with Crippen molar-refractivity contribution in [2.24, 2.45) is 5.92 Å². The molecule has 0 heterocycles. The number of rotatable bonds is 8. The lowest BCUT2D eigenvalue weighted by atomic mass is 10.3. The second kappa shape index (κ2) is 7.51.